The van der Waals surface area contributed by atoms with Crippen molar-refractivity contribution in [2.75, 3.05) is 13.2 Å². The van der Waals surface area contributed by atoms with Gasteiger partial charge in [0.1, 0.15) is 13.2 Å². The molecule has 0 spiro atoms. The summed E-state index contributed by atoms with van der Waals surface area (Å²) in [5.41, 5.74) is 0. The van der Waals surface area contributed by atoms with E-state index < -0.39 is 6.10 Å². The normalized spacial score (nSPS) is 12.6. The van der Waals surface area contributed by atoms with Gasteiger partial charge in [0.05, 0.1) is 0 Å². The Morgan fingerprint density at radius 1 is 0.253 bits per heavy atom. The standard InChI is InChI=1S/C77H136O6/c1-4-7-10-13-16-19-22-25-27-29-31-33-35-37-38-40-41-43-45-47-49-52-55-58-61-64-67-70-76(79)82-73-74(72-81-75(78)69-66-63-60-57-54-51-24-21-18-15-12-9-6-3)83-77(80)71-68-65-62-59-56-53-50-48-46-44-42-39-36-34-32-30-28-26-23-20-17-14-11-8-5-2/h7,10,12,15-16,19,21,24-25,27,31,33,37-38,74H,4-6,8-9,11,13-14,17-18,20,22-23,26,28-30,32,34-36,39-73H2,1-3H3/b10-7-,15-12-,19-16-,24-21-,27-25-,33-31-,38-37-. The summed E-state index contributed by atoms with van der Waals surface area (Å²) >= 11 is 0. The average molecular weight is 1160 g/mol. The number of rotatable bonds is 66. The molecular formula is C77H136O6. The van der Waals surface area contributed by atoms with Gasteiger partial charge < -0.3 is 14.2 Å². The van der Waals surface area contributed by atoms with E-state index in [-0.39, 0.29) is 31.1 Å². The number of esters is 3. The molecule has 0 N–H and O–H groups in total. The van der Waals surface area contributed by atoms with Crippen molar-refractivity contribution in [2.24, 2.45) is 0 Å². The largest absolute Gasteiger partial charge is 0.462 e. The minimum Gasteiger partial charge on any atom is -0.462 e. The van der Waals surface area contributed by atoms with Gasteiger partial charge in [-0.2, -0.15) is 0 Å². The van der Waals surface area contributed by atoms with Crippen molar-refractivity contribution in [3.63, 3.8) is 0 Å². The molecule has 0 radical (unpaired) electrons. The third-order valence-electron chi connectivity index (χ3n) is 15.9. The van der Waals surface area contributed by atoms with Crippen molar-refractivity contribution in [3.05, 3.63) is 85.1 Å². The van der Waals surface area contributed by atoms with Gasteiger partial charge in [0.2, 0.25) is 0 Å². The van der Waals surface area contributed by atoms with Crippen molar-refractivity contribution in [1.29, 1.82) is 0 Å². The topological polar surface area (TPSA) is 78.9 Å². The summed E-state index contributed by atoms with van der Waals surface area (Å²) in [6, 6.07) is 0. The number of allylic oxidation sites excluding steroid dienone is 14. The zero-order chi connectivity index (χ0) is 59.9. The van der Waals surface area contributed by atoms with Crippen LogP contribution in [-0.4, -0.2) is 37.2 Å². The number of carbonyl (C=O) groups excluding carboxylic acids is 3. The van der Waals surface area contributed by atoms with Crippen LogP contribution in [0.2, 0.25) is 0 Å². The lowest BCUT2D eigenvalue weighted by Crippen LogP contribution is -2.30. The van der Waals surface area contributed by atoms with Crippen LogP contribution in [0.15, 0.2) is 85.1 Å². The van der Waals surface area contributed by atoms with Crippen molar-refractivity contribution in [2.45, 2.75) is 374 Å². The van der Waals surface area contributed by atoms with Crippen LogP contribution >= 0.6 is 0 Å². The fraction of sp³-hybridized carbons (Fsp3) is 0.779. The maximum Gasteiger partial charge on any atom is 0.306 e. The van der Waals surface area contributed by atoms with Crippen LogP contribution in [0.25, 0.3) is 0 Å². The third kappa shape index (κ3) is 69.3. The number of unbranched alkanes of at least 4 members (excludes halogenated alkanes) is 41. The molecule has 0 fully saturated rings. The first-order valence-electron chi connectivity index (χ1n) is 36.1. The van der Waals surface area contributed by atoms with E-state index in [1.54, 1.807) is 0 Å². The highest BCUT2D eigenvalue weighted by Gasteiger charge is 2.19. The molecule has 6 nitrogen and oxygen atoms in total. The third-order valence-corrected chi connectivity index (χ3v) is 15.9. The monoisotopic (exact) mass is 1160 g/mol. The summed E-state index contributed by atoms with van der Waals surface area (Å²) < 4.78 is 17.0. The summed E-state index contributed by atoms with van der Waals surface area (Å²) in [6.07, 6.45) is 94.8. The molecule has 1 atom stereocenters. The average Bonchev–Trinajstić information content (AvgIpc) is 3.49. The molecule has 6 heteroatoms. The fourth-order valence-corrected chi connectivity index (χ4v) is 10.5. The molecule has 0 aliphatic rings. The van der Waals surface area contributed by atoms with Gasteiger partial charge in [0, 0.05) is 19.3 Å². The number of carbonyl (C=O) groups is 3. The van der Waals surface area contributed by atoms with E-state index in [1.165, 1.54) is 212 Å². The van der Waals surface area contributed by atoms with E-state index in [1.807, 2.05) is 0 Å². The number of hydrogen-bond acceptors (Lipinski definition) is 6. The van der Waals surface area contributed by atoms with E-state index in [0.717, 1.165) is 116 Å². The Labute approximate surface area is 515 Å². The minimum atomic E-state index is -0.784. The quantitative estimate of drug-likeness (QED) is 0.0261. The van der Waals surface area contributed by atoms with Gasteiger partial charge in [-0.05, 0) is 89.9 Å². The highest BCUT2D eigenvalue weighted by molar-refractivity contribution is 5.71. The number of ether oxygens (including phenoxy) is 3. The first-order valence-corrected chi connectivity index (χ1v) is 36.1. The summed E-state index contributed by atoms with van der Waals surface area (Å²) in [5, 5.41) is 0. The Hall–Kier alpha value is -3.41. The van der Waals surface area contributed by atoms with E-state index >= 15 is 0 Å². The van der Waals surface area contributed by atoms with E-state index in [4.69, 9.17) is 14.2 Å². The first-order chi connectivity index (χ1) is 41.0. The zero-order valence-electron chi connectivity index (χ0n) is 55.2. The minimum absolute atomic E-state index is 0.0792. The van der Waals surface area contributed by atoms with Gasteiger partial charge in [0.15, 0.2) is 6.10 Å². The van der Waals surface area contributed by atoms with Crippen molar-refractivity contribution >= 4 is 17.9 Å². The Balaban J connectivity index is 4.25. The van der Waals surface area contributed by atoms with Gasteiger partial charge in [-0.3, -0.25) is 14.4 Å². The van der Waals surface area contributed by atoms with E-state index in [0.29, 0.717) is 19.3 Å². The first kappa shape index (κ1) is 79.6. The second-order valence-corrected chi connectivity index (χ2v) is 24.1. The summed E-state index contributed by atoms with van der Waals surface area (Å²) in [4.78, 5) is 38.4. The summed E-state index contributed by atoms with van der Waals surface area (Å²) in [5.74, 6) is -0.876. The van der Waals surface area contributed by atoms with Crippen LogP contribution in [0.1, 0.15) is 367 Å². The van der Waals surface area contributed by atoms with Crippen LogP contribution in [0.3, 0.4) is 0 Å². The lowest BCUT2D eigenvalue weighted by Gasteiger charge is -2.18. The maximum absolute atomic E-state index is 13.0. The Morgan fingerprint density at radius 2 is 0.494 bits per heavy atom. The predicted molar refractivity (Wildman–Crippen MR) is 362 cm³/mol. The van der Waals surface area contributed by atoms with Gasteiger partial charge >= 0.3 is 17.9 Å². The van der Waals surface area contributed by atoms with Gasteiger partial charge in [-0.25, -0.2) is 0 Å². The Morgan fingerprint density at radius 3 is 0.783 bits per heavy atom. The molecule has 0 bridgehead atoms. The van der Waals surface area contributed by atoms with E-state index in [2.05, 4.69) is 106 Å². The van der Waals surface area contributed by atoms with Crippen LogP contribution in [-0.2, 0) is 28.6 Å². The van der Waals surface area contributed by atoms with Crippen molar-refractivity contribution < 1.29 is 28.6 Å². The lowest BCUT2D eigenvalue weighted by molar-refractivity contribution is -0.167. The molecule has 0 aromatic carbocycles. The molecule has 0 amide bonds. The van der Waals surface area contributed by atoms with Crippen molar-refractivity contribution in [1.82, 2.24) is 0 Å². The summed E-state index contributed by atoms with van der Waals surface area (Å²) in [6.45, 7) is 6.50. The molecule has 0 saturated carbocycles. The van der Waals surface area contributed by atoms with Gasteiger partial charge in [0.25, 0.3) is 0 Å². The smallest absolute Gasteiger partial charge is 0.306 e. The second-order valence-electron chi connectivity index (χ2n) is 24.1. The van der Waals surface area contributed by atoms with Crippen LogP contribution < -0.4 is 0 Å². The molecule has 0 rings (SSSR count). The molecule has 480 valence electrons. The van der Waals surface area contributed by atoms with Crippen LogP contribution in [0.4, 0.5) is 0 Å². The van der Waals surface area contributed by atoms with Crippen molar-refractivity contribution in [3.8, 4) is 0 Å². The Kier molecular flexibility index (Phi) is 68.2. The zero-order valence-corrected chi connectivity index (χ0v) is 55.2. The van der Waals surface area contributed by atoms with Crippen LogP contribution in [0.5, 0.6) is 0 Å². The molecular weight excluding hydrogens is 1020 g/mol. The predicted octanol–water partition coefficient (Wildman–Crippen LogP) is 25.0. The van der Waals surface area contributed by atoms with Gasteiger partial charge in [-0.1, -0.05) is 343 Å². The summed E-state index contributed by atoms with van der Waals surface area (Å²) in [7, 11) is 0. The molecule has 0 heterocycles. The second kappa shape index (κ2) is 71.1. The molecule has 0 aliphatic heterocycles. The highest BCUT2D eigenvalue weighted by atomic mass is 16.6. The molecule has 0 aromatic rings. The highest BCUT2D eigenvalue weighted by Crippen LogP contribution is 2.18. The maximum atomic E-state index is 13.0. The number of hydrogen-bond donors (Lipinski definition) is 0. The molecule has 0 aliphatic carbocycles. The van der Waals surface area contributed by atoms with E-state index in [9.17, 15) is 14.4 Å². The molecule has 83 heavy (non-hydrogen) atoms. The molecule has 1 unspecified atom stereocenters. The fourth-order valence-electron chi connectivity index (χ4n) is 10.5. The Bertz CT molecular complexity index is 1570. The SMILES string of the molecule is CC/C=C\C/C=C\C/C=C\C/C=C\C/C=C\CCCCCCCCCCCCCC(=O)OCC(COC(=O)CCCCCCC/C=C\C/C=C\CCC)OC(=O)CCCCCCCCCCCCCCCCCCCCCCCCCCC. The molecule has 0 saturated heterocycles. The van der Waals surface area contributed by atoms with Gasteiger partial charge in [-0.15, -0.1) is 0 Å². The lowest BCUT2D eigenvalue weighted by atomic mass is 10.0. The van der Waals surface area contributed by atoms with Crippen LogP contribution in [0, 0.1) is 0 Å². The molecule has 0 aromatic heterocycles.